The Morgan fingerprint density at radius 1 is 0.905 bits per heavy atom. The third-order valence-corrected chi connectivity index (χ3v) is 3.17. The molecule has 5 heteroatoms. The number of rotatable bonds is 6. The molecule has 0 saturated heterocycles. The van der Waals surface area contributed by atoms with Gasteiger partial charge in [0.25, 0.3) is 0 Å². The normalized spacial score (nSPS) is 10.0. The monoisotopic (exact) mass is 289 g/mol. The summed E-state index contributed by atoms with van der Waals surface area (Å²) < 4.78 is 15.6. The Labute approximate surface area is 124 Å². The number of hydrogen-bond acceptors (Lipinski definition) is 5. The third kappa shape index (κ3) is 3.51. The van der Waals surface area contributed by atoms with E-state index in [1.54, 1.807) is 33.5 Å². The molecule has 0 bridgehead atoms. The van der Waals surface area contributed by atoms with Gasteiger partial charge in [-0.25, -0.2) is 0 Å². The summed E-state index contributed by atoms with van der Waals surface area (Å²) in [5, 5.41) is 13.2. The van der Waals surface area contributed by atoms with Gasteiger partial charge in [0.1, 0.15) is 23.0 Å². The van der Waals surface area contributed by atoms with E-state index in [2.05, 4.69) is 5.32 Å². The van der Waals surface area contributed by atoms with Crippen molar-refractivity contribution in [2.75, 3.05) is 26.6 Å². The van der Waals surface area contributed by atoms with Gasteiger partial charge in [-0.3, -0.25) is 0 Å². The van der Waals surface area contributed by atoms with Crippen molar-refractivity contribution in [3.63, 3.8) is 0 Å². The minimum atomic E-state index is 0.184. The molecule has 2 aromatic carbocycles. The lowest BCUT2D eigenvalue weighted by molar-refractivity contribution is 0.404. The first-order valence-electron chi connectivity index (χ1n) is 6.49. The van der Waals surface area contributed by atoms with Crippen LogP contribution in [0.25, 0.3) is 0 Å². The van der Waals surface area contributed by atoms with Gasteiger partial charge in [-0.1, -0.05) is 0 Å². The van der Waals surface area contributed by atoms with Crippen molar-refractivity contribution in [2.45, 2.75) is 6.54 Å². The molecule has 0 saturated carbocycles. The van der Waals surface area contributed by atoms with Crippen LogP contribution in [-0.4, -0.2) is 26.4 Å². The molecule has 5 nitrogen and oxygen atoms in total. The molecule has 0 aliphatic carbocycles. The van der Waals surface area contributed by atoms with Crippen molar-refractivity contribution in [1.29, 1.82) is 0 Å². The van der Waals surface area contributed by atoms with Crippen LogP contribution in [0.1, 0.15) is 5.56 Å². The van der Waals surface area contributed by atoms with Crippen molar-refractivity contribution in [3.05, 3.63) is 42.0 Å². The number of ether oxygens (including phenoxy) is 3. The van der Waals surface area contributed by atoms with E-state index in [9.17, 15) is 5.11 Å². The predicted octanol–water partition coefficient (Wildman–Crippen LogP) is 3.03. The van der Waals surface area contributed by atoms with Gasteiger partial charge in [-0.05, 0) is 24.3 Å². The summed E-state index contributed by atoms with van der Waals surface area (Å²) in [5.41, 5.74) is 1.56. The zero-order chi connectivity index (χ0) is 15.2. The van der Waals surface area contributed by atoms with Gasteiger partial charge >= 0.3 is 0 Å². The molecule has 2 rings (SSSR count). The molecule has 2 N–H and O–H groups in total. The summed E-state index contributed by atoms with van der Waals surface area (Å²) in [6.07, 6.45) is 0. The highest BCUT2D eigenvalue weighted by molar-refractivity contribution is 5.60. The predicted molar refractivity (Wildman–Crippen MR) is 81.5 cm³/mol. The Morgan fingerprint density at radius 2 is 1.57 bits per heavy atom. The lowest BCUT2D eigenvalue weighted by Gasteiger charge is -2.13. The van der Waals surface area contributed by atoms with Crippen LogP contribution >= 0.6 is 0 Å². The SMILES string of the molecule is COc1ccc(CNc2cc(OC)ccc2OC)c(O)c1. The van der Waals surface area contributed by atoms with Gasteiger partial charge in [-0.2, -0.15) is 0 Å². The summed E-state index contributed by atoms with van der Waals surface area (Å²) in [7, 11) is 4.78. The van der Waals surface area contributed by atoms with Gasteiger partial charge in [0.05, 0.1) is 27.0 Å². The average molecular weight is 289 g/mol. The first-order valence-corrected chi connectivity index (χ1v) is 6.49. The molecule has 0 atom stereocenters. The Hall–Kier alpha value is -2.56. The molecule has 0 aromatic heterocycles. The molecule has 21 heavy (non-hydrogen) atoms. The van der Waals surface area contributed by atoms with E-state index in [1.165, 1.54) is 0 Å². The first-order chi connectivity index (χ1) is 10.2. The highest BCUT2D eigenvalue weighted by Crippen LogP contribution is 2.30. The van der Waals surface area contributed by atoms with Crippen LogP contribution in [0.5, 0.6) is 23.0 Å². The van der Waals surface area contributed by atoms with Gasteiger partial charge in [0.15, 0.2) is 0 Å². The first kappa shape index (κ1) is 14.8. The van der Waals surface area contributed by atoms with E-state index in [0.717, 1.165) is 17.0 Å². The maximum atomic E-state index is 9.95. The number of aromatic hydroxyl groups is 1. The Bertz CT molecular complexity index is 613. The number of benzene rings is 2. The zero-order valence-corrected chi connectivity index (χ0v) is 12.3. The average Bonchev–Trinajstić information content (AvgIpc) is 2.53. The summed E-state index contributed by atoms with van der Waals surface area (Å²) in [6.45, 7) is 0.458. The lowest BCUT2D eigenvalue weighted by Crippen LogP contribution is -2.02. The topological polar surface area (TPSA) is 60.0 Å². The molecule has 0 radical (unpaired) electrons. The standard InChI is InChI=1S/C16H19NO4/c1-19-12-6-7-16(21-3)14(8-12)17-10-11-4-5-13(20-2)9-15(11)18/h4-9,17-18H,10H2,1-3H3. The van der Waals surface area contributed by atoms with Crippen LogP contribution in [0, 0.1) is 0 Å². The number of methoxy groups -OCH3 is 3. The van der Waals surface area contributed by atoms with E-state index < -0.39 is 0 Å². The molecule has 0 aliphatic rings. The molecule has 0 amide bonds. The Balaban J connectivity index is 2.15. The summed E-state index contributed by atoms with van der Waals surface area (Å²) in [5.74, 6) is 2.25. The second kappa shape index (κ2) is 6.74. The molecule has 0 unspecified atom stereocenters. The Kier molecular flexibility index (Phi) is 4.77. The second-order valence-electron chi connectivity index (χ2n) is 4.41. The van der Waals surface area contributed by atoms with Gasteiger partial charge in [0.2, 0.25) is 0 Å². The van der Waals surface area contributed by atoms with Crippen molar-refractivity contribution < 1.29 is 19.3 Å². The van der Waals surface area contributed by atoms with Gasteiger partial charge in [-0.15, -0.1) is 0 Å². The molecule has 0 spiro atoms. The van der Waals surface area contributed by atoms with Crippen LogP contribution in [-0.2, 0) is 6.54 Å². The van der Waals surface area contributed by atoms with Crippen LogP contribution < -0.4 is 19.5 Å². The molecular formula is C16H19NO4. The number of phenols is 1. The van der Waals surface area contributed by atoms with Crippen LogP contribution in [0.4, 0.5) is 5.69 Å². The number of hydrogen-bond donors (Lipinski definition) is 2. The van der Waals surface area contributed by atoms with Crippen molar-refractivity contribution in [3.8, 4) is 23.0 Å². The van der Waals surface area contributed by atoms with E-state index in [1.807, 2.05) is 24.3 Å². The molecule has 2 aromatic rings. The highest BCUT2D eigenvalue weighted by atomic mass is 16.5. The molecule has 0 fully saturated rings. The molecular weight excluding hydrogens is 270 g/mol. The third-order valence-electron chi connectivity index (χ3n) is 3.17. The summed E-state index contributed by atoms with van der Waals surface area (Å²) in [6, 6.07) is 10.7. The van der Waals surface area contributed by atoms with Crippen molar-refractivity contribution in [1.82, 2.24) is 0 Å². The fourth-order valence-corrected chi connectivity index (χ4v) is 1.96. The minimum Gasteiger partial charge on any atom is -0.507 e. The number of phenolic OH excluding ortho intramolecular Hbond substituents is 1. The molecule has 0 aliphatic heterocycles. The summed E-state index contributed by atoms with van der Waals surface area (Å²) in [4.78, 5) is 0. The van der Waals surface area contributed by atoms with Gasteiger partial charge < -0.3 is 24.6 Å². The fourth-order valence-electron chi connectivity index (χ4n) is 1.96. The lowest BCUT2D eigenvalue weighted by atomic mass is 10.2. The van der Waals surface area contributed by atoms with Crippen molar-refractivity contribution >= 4 is 5.69 Å². The van der Waals surface area contributed by atoms with Crippen LogP contribution in [0.15, 0.2) is 36.4 Å². The Morgan fingerprint density at radius 3 is 2.19 bits per heavy atom. The van der Waals surface area contributed by atoms with Crippen molar-refractivity contribution in [2.24, 2.45) is 0 Å². The largest absolute Gasteiger partial charge is 0.507 e. The maximum Gasteiger partial charge on any atom is 0.142 e. The molecule has 0 heterocycles. The van der Waals surface area contributed by atoms with Crippen LogP contribution in [0.3, 0.4) is 0 Å². The minimum absolute atomic E-state index is 0.184. The van der Waals surface area contributed by atoms with E-state index >= 15 is 0 Å². The maximum absolute atomic E-state index is 9.95. The second-order valence-corrected chi connectivity index (χ2v) is 4.41. The van der Waals surface area contributed by atoms with E-state index in [-0.39, 0.29) is 5.75 Å². The fraction of sp³-hybridized carbons (Fsp3) is 0.250. The number of nitrogens with one attached hydrogen (secondary N) is 1. The van der Waals surface area contributed by atoms with Crippen LogP contribution in [0.2, 0.25) is 0 Å². The highest BCUT2D eigenvalue weighted by Gasteiger charge is 2.07. The van der Waals surface area contributed by atoms with E-state index in [0.29, 0.717) is 18.0 Å². The molecule has 112 valence electrons. The summed E-state index contributed by atoms with van der Waals surface area (Å²) >= 11 is 0. The van der Waals surface area contributed by atoms with Gasteiger partial charge in [0, 0.05) is 24.2 Å². The quantitative estimate of drug-likeness (QED) is 0.856. The smallest absolute Gasteiger partial charge is 0.142 e. The zero-order valence-electron chi connectivity index (χ0n) is 12.3. The van der Waals surface area contributed by atoms with E-state index in [4.69, 9.17) is 14.2 Å². The number of anilines is 1.